The van der Waals surface area contributed by atoms with Crippen molar-refractivity contribution in [1.82, 2.24) is 10.2 Å². The van der Waals surface area contributed by atoms with E-state index in [2.05, 4.69) is 17.1 Å². The zero-order valence-corrected chi connectivity index (χ0v) is 10.7. The van der Waals surface area contributed by atoms with Gasteiger partial charge in [0.1, 0.15) is 0 Å². The predicted octanol–water partition coefficient (Wildman–Crippen LogP) is 1.05. The van der Waals surface area contributed by atoms with Crippen molar-refractivity contribution >= 4 is 11.8 Å². The van der Waals surface area contributed by atoms with Crippen LogP contribution in [0, 0.1) is 0 Å². The average molecular weight is 232 g/mol. The second kappa shape index (κ2) is 9.46. The quantitative estimate of drug-likeness (QED) is 0.632. The average Bonchev–Trinajstić information content (AvgIpc) is 2.29. The number of rotatable bonds is 8. The highest BCUT2D eigenvalue weighted by Gasteiger charge is 2.08. The third-order valence-electron chi connectivity index (χ3n) is 2.56. The van der Waals surface area contributed by atoms with E-state index in [0.29, 0.717) is 0 Å². The van der Waals surface area contributed by atoms with Crippen LogP contribution in [-0.4, -0.2) is 62.3 Å². The number of hydrogen-bond acceptors (Lipinski definition) is 4. The summed E-state index contributed by atoms with van der Waals surface area (Å²) in [7, 11) is 0. The van der Waals surface area contributed by atoms with E-state index in [1.165, 1.54) is 24.5 Å². The smallest absolute Gasteiger partial charge is 0.0594 e. The van der Waals surface area contributed by atoms with E-state index < -0.39 is 0 Å². The zero-order valence-electron chi connectivity index (χ0n) is 9.83. The highest BCUT2D eigenvalue weighted by atomic mass is 32.2. The summed E-state index contributed by atoms with van der Waals surface area (Å²) in [6.45, 7) is 9.81. The third-order valence-corrected chi connectivity index (χ3v) is 3.46. The molecule has 0 atom stereocenters. The Hall–Kier alpha value is 0.230. The van der Waals surface area contributed by atoms with Crippen LogP contribution in [0.15, 0.2) is 0 Å². The van der Waals surface area contributed by atoms with Gasteiger partial charge in [0.15, 0.2) is 0 Å². The van der Waals surface area contributed by atoms with Gasteiger partial charge in [-0.3, -0.25) is 4.90 Å². The van der Waals surface area contributed by atoms with Gasteiger partial charge >= 0.3 is 0 Å². The number of nitrogens with zero attached hydrogens (tertiary/aromatic N) is 1. The van der Waals surface area contributed by atoms with Crippen molar-refractivity contribution in [3.8, 4) is 0 Å². The van der Waals surface area contributed by atoms with E-state index in [9.17, 15) is 0 Å². The minimum Gasteiger partial charge on any atom is -0.379 e. The molecule has 0 radical (unpaired) electrons. The van der Waals surface area contributed by atoms with Gasteiger partial charge in [0.05, 0.1) is 13.2 Å². The lowest BCUT2D eigenvalue weighted by atomic mass is 10.3. The van der Waals surface area contributed by atoms with Crippen molar-refractivity contribution in [2.24, 2.45) is 0 Å². The molecule has 1 rings (SSSR count). The topological polar surface area (TPSA) is 24.5 Å². The van der Waals surface area contributed by atoms with Gasteiger partial charge in [0.2, 0.25) is 0 Å². The van der Waals surface area contributed by atoms with E-state index in [0.717, 1.165) is 39.4 Å². The normalized spacial score (nSPS) is 18.2. The van der Waals surface area contributed by atoms with Gasteiger partial charge in [0.25, 0.3) is 0 Å². The van der Waals surface area contributed by atoms with Gasteiger partial charge < -0.3 is 10.1 Å². The van der Waals surface area contributed by atoms with Crippen molar-refractivity contribution in [2.45, 2.75) is 13.3 Å². The first-order valence-corrected chi connectivity index (χ1v) is 7.17. The minimum absolute atomic E-state index is 0.917. The molecule has 1 N–H and O–H groups in total. The second-order valence-electron chi connectivity index (χ2n) is 3.75. The first-order chi connectivity index (χ1) is 7.43. The Morgan fingerprint density at radius 1 is 1.27 bits per heavy atom. The fraction of sp³-hybridized carbons (Fsp3) is 1.00. The zero-order chi connectivity index (χ0) is 10.8. The van der Waals surface area contributed by atoms with Crippen LogP contribution in [0.25, 0.3) is 0 Å². The molecule has 0 aliphatic carbocycles. The van der Waals surface area contributed by atoms with Crippen LogP contribution in [0.2, 0.25) is 0 Å². The molecule has 0 aromatic heterocycles. The maximum absolute atomic E-state index is 5.31. The summed E-state index contributed by atoms with van der Waals surface area (Å²) >= 11 is 2.00. The van der Waals surface area contributed by atoms with Crippen LogP contribution in [0.1, 0.15) is 13.3 Å². The van der Waals surface area contributed by atoms with E-state index in [1.54, 1.807) is 0 Å². The number of hydrogen-bond donors (Lipinski definition) is 1. The molecule has 0 spiro atoms. The monoisotopic (exact) mass is 232 g/mol. The molecule has 0 amide bonds. The number of thioether (sulfide) groups is 1. The first kappa shape index (κ1) is 13.3. The van der Waals surface area contributed by atoms with Crippen molar-refractivity contribution in [3.05, 3.63) is 0 Å². The van der Waals surface area contributed by atoms with Crippen LogP contribution in [0.3, 0.4) is 0 Å². The van der Waals surface area contributed by atoms with E-state index in [1.807, 2.05) is 11.8 Å². The molecule has 90 valence electrons. The molecule has 4 heteroatoms. The van der Waals surface area contributed by atoms with Crippen LogP contribution >= 0.6 is 11.8 Å². The summed E-state index contributed by atoms with van der Waals surface area (Å²) < 4.78 is 5.31. The summed E-state index contributed by atoms with van der Waals surface area (Å²) in [6, 6.07) is 0. The number of morpholine rings is 1. The Morgan fingerprint density at radius 3 is 2.80 bits per heavy atom. The Bertz CT molecular complexity index is 141. The maximum atomic E-state index is 5.31. The molecule has 0 aromatic rings. The Kier molecular flexibility index (Phi) is 8.38. The molecule has 1 heterocycles. The van der Waals surface area contributed by atoms with Crippen molar-refractivity contribution < 1.29 is 4.74 Å². The Morgan fingerprint density at radius 2 is 2.07 bits per heavy atom. The lowest BCUT2D eigenvalue weighted by molar-refractivity contribution is 0.0375. The SMILES string of the molecule is CCSCCNCCCN1CCOCC1. The molecule has 0 unspecified atom stereocenters. The molecule has 3 nitrogen and oxygen atoms in total. The molecule has 1 saturated heterocycles. The summed E-state index contributed by atoms with van der Waals surface area (Å²) in [5.74, 6) is 2.48. The van der Waals surface area contributed by atoms with Crippen LogP contribution in [0.4, 0.5) is 0 Å². The maximum Gasteiger partial charge on any atom is 0.0594 e. The summed E-state index contributed by atoms with van der Waals surface area (Å²) in [4.78, 5) is 2.49. The fourth-order valence-corrected chi connectivity index (χ4v) is 2.24. The van der Waals surface area contributed by atoms with Gasteiger partial charge in [-0.15, -0.1) is 0 Å². The van der Waals surface area contributed by atoms with Gasteiger partial charge in [0, 0.05) is 25.4 Å². The summed E-state index contributed by atoms with van der Waals surface area (Å²) in [5.41, 5.74) is 0. The Balaban J connectivity index is 1.79. The first-order valence-electron chi connectivity index (χ1n) is 6.02. The van der Waals surface area contributed by atoms with E-state index in [-0.39, 0.29) is 0 Å². The van der Waals surface area contributed by atoms with Crippen molar-refractivity contribution in [2.75, 3.05) is 57.4 Å². The minimum atomic E-state index is 0.917. The molecule has 1 fully saturated rings. The van der Waals surface area contributed by atoms with E-state index >= 15 is 0 Å². The molecule has 0 aromatic carbocycles. The molecule has 1 aliphatic heterocycles. The summed E-state index contributed by atoms with van der Waals surface area (Å²) in [5, 5.41) is 3.48. The van der Waals surface area contributed by atoms with E-state index in [4.69, 9.17) is 4.74 Å². The van der Waals surface area contributed by atoms with Gasteiger partial charge in [-0.25, -0.2) is 0 Å². The molecule has 1 aliphatic rings. The standard InChI is InChI=1S/C11H24N2OS/c1-2-15-11-5-12-4-3-6-13-7-9-14-10-8-13/h12H,2-11H2,1H3. The van der Waals surface area contributed by atoms with Crippen LogP contribution in [-0.2, 0) is 4.74 Å². The van der Waals surface area contributed by atoms with Crippen LogP contribution < -0.4 is 5.32 Å². The van der Waals surface area contributed by atoms with Crippen molar-refractivity contribution in [1.29, 1.82) is 0 Å². The molecular weight excluding hydrogens is 208 g/mol. The molecule has 15 heavy (non-hydrogen) atoms. The highest BCUT2D eigenvalue weighted by Crippen LogP contribution is 1.98. The fourth-order valence-electron chi connectivity index (χ4n) is 1.67. The molecule has 0 bridgehead atoms. The largest absolute Gasteiger partial charge is 0.379 e. The number of nitrogens with one attached hydrogen (secondary N) is 1. The molecular formula is C11H24N2OS. The number of ether oxygens (including phenoxy) is 1. The van der Waals surface area contributed by atoms with Crippen molar-refractivity contribution in [3.63, 3.8) is 0 Å². The lowest BCUT2D eigenvalue weighted by Crippen LogP contribution is -2.37. The highest BCUT2D eigenvalue weighted by molar-refractivity contribution is 7.99. The van der Waals surface area contributed by atoms with Crippen LogP contribution in [0.5, 0.6) is 0 Å². The lowest BCUT2D eigenvalue weighted by Gasteiger charge is -2.26. The second-order valence-corrected chi connectivity index (χ2v) is 5.15. The molecule has 0 saturated carbocycles. The third kappa shape index (κ3) is 7.17. The van der Waals surface area contributed by atoms with Gasteiger partial charge in [-0.1, -0.05) is 6.92 Å². The van der Waals surface area contributed by atoms with Gasteiger partial charge in [-0.05, 0) is 25.3 Å². The Labute approximate surface area is 97.9 Å². The van der Waals surface area contributed by atoms with Gasteiger partial charge in [-0.2, -0.15) is 11.8 Å². The predicted molar refractivity (Wildman–Crippen MR) is 67.7 cm³/mol. The summed E-state index contributed by atoms with van der Waals surface area (Å²) in [6.07, 6.45) is 1.26.